The predicted molar refractivity (Wildman–Crippen MR) is 191 cm³/mol. The van der Waals surface area contributed by atoms with Crippen molar-refractivity contribution in [1.82, 2.24) is 19.1 Å². The van der Waals surface area contributed by atoms with Gasteiger partial charge in [0.2, 0.25) is 0 Å². The van der Waals surface area contributed by atoms with Crippen LogP contribution in [0.4, 0.5) is 0 Å². The molecule has 0 bridgehead atoms. The summed E-state index contributed by atoms with van der Waals surface area (Å²) in [6.45, 7) is 0. The third-order valence-electron chi connectivity index (χ3n) is 9.07. The zero-order valence-electron chi connectivity index (χ0n) is 25.5. The number of nitriles is 2. The lowest BCUT2D eigenvalue weighted by Crippen LogP contribution is -2.02. The van der Waals surface area contributed by atoms with Crippen molar-refractivity contribution in [3.8, 4) is 46.0 Å². The quantitative estimate of drug-likeness (QED) is 0.198. The molecule has 0 N–H and O–H groups in total. The van der Waals surface area contributed by atoms with E-state index in [1.807, 2.05) is 24.3 Å². The summed E-state index contributed by atoms with van der Waals surface area (Å²) in [6.07, 6.45) is 0. The highest BCUT2D eigenvalue weighted by molar-refractivity contribution is 6.10. The Hall–Kier alpha value is -7.02. The highest BCUT2D eigenvalue weighted by Crippen LogP contribution is 2.36. The second-order valence-electron chi connectivity index (χ2n) is 11.7. The van der Waals surface area contributed by atoms with Gasteiger partial charge in [-0.3, -0.25) is 0 Å². The van der Waals surface area contributed by atoms with E-state index in [2.05, 4.69) is 143 Å². The summed E-state index contributed by atoms with van der Waals surface area (Å²) in [5.74, 6) is 0. The van der Waals surface area contributed by atoms with E-state index in [1.165, 1.54) is 21.5 Å². The minimum Gasteiger partial charge on any atom is -0.309 e. The van der Waals surface area contributed by atoms with Crippen LogP contribution in [-0.4, -0.2) is 19.1 Å². The smallest absolute Gasteiger partial charge is 0.177 e. The maximum Gasteiger partial charge on any atom is 0.177 e. The second-order valence-corrected chi connectivity index (χ2v) is 11.7. The average Bonchev–Trinajstić information content (AvgIpc) is 3.68. The molecule has 222 valence electrons. The molecule has 6 heteroatoms. The molecule has 0 radical (unpaired) electrons. The number of fused-ring (bicyclic) bond motifs is 6. The molecule has 0 atom stereocenters. The first-order chi connectivity index (χ1) is 23.7. The highest BCUT2D eigenvalue weighted by Gasteiger charge is 2.19. The number of nitrogens with zero attached hydrogens (tertiary/aromatic N) is 6. The van der Waals surface area contributed by atoms with Gasteiger partial charge < -0.3 is 9.13 Å². The molecule has 0 saturated heterocycles. The van der Waals surface area contributed by atoms with Gasteiger partial charge in [-0.25, -0.2) is 9.97 Å². The number of rotatable bonds is 4. The molecule has 3 heterocycles. The Labute approximate surface area is 275 Å². The van der Waals surface area contributed by atoms with E-state index >= 15 is 0 Å². The van der Waals surface area contributed by atoms with Crippen molar-refractivity contribution in [1.29, 1.82) is 10.5 Å². The van der Waals surface area contributed by atoms with Crippen molar-refractivity contribution < 1.29 is 0 Å². The lowest BCUT2D eigenvalue weighted by Gasteiger charge is -2.13. The molecule has 0 spiro atoms. The fourth-order valence-electron chi connectivity index (χ4n) is 6.93. The van der Waals surface area contributed by atoms with Crippen LogP contribution in [0.1, 0.15) is 11.4 Å². The van der Waals surface area contributed by atoms with Crippen LogP contribution in [0.5, 0.6) is 0 Å². The Morgan fingerprint density at radius 1 is 0.375 bits per heavy atom. The summed E-state index contributed by atoms with van der Waals surface area (Å²) in [7, 11) is 0. The Kier molecular flexibility index (Phi) is 6.15. The summed E-state index contributed by atoms with van der Waals surface area (Å²) in [5, 5.41) is 24.5. The van der Waals surface area contributed by atoms with Crippen LogP contribution in [0.25, 0.3) is 77.5 Å². The van der Waals surface area contributed by atoms with Gasteiger partial charge in [0.05, 0.1) is 33.5 Å². The lowest BCUT2D eigenvalue weighted by atomic mass is 10.0. The van der Waals surface area contributed by atoms with Crippen LogP contribution >= 0.6 is 0 Å². The monoisotopic (exact) mass is 612 g/mol. The molecule has 48 heavy (non-hydrogen) atoms. The fraction of sp³-hybridized carbons (Fsp3) is 0. The van der Waals surface area contributed by atoms with E-state index in [0.29, 0.717) is 11.4 Å². The first-order valence-electron chi connectivity index (χ1n) is 15.6. The zero-order chi connectivity index (χ0) is 32.2. The lowest BCUT2D eigenvalue weighted by molar-refractivity contribution is 1.13. The second kappa shape index (κ2) is 10.8. The zero-order valence-corrected chi connectivity index (χ0v) is 25.5. The standard InChI is InChI=1S/C42H24N6/c43-25-35-36(26-44)46-42(28-19-23-30(24-20-28)48-39-15-7-3-11-33(39)34-12-4-8-16-40(34)48)41(45-35)27-17-21-29(22-18-27)47-37-13-5-1-9-31(37)32-10-2-6-14-38(32)47/h1-24H. The highest BCUT2D eigenvalue weighted by atomic mass is 15.0. The maximum atomic E-state index is 9.86. The molecule has 3 aromatic heterocycles. The molecular weight excluding hydrogens is 589 g/mol. The van der Waals surface area contributed by atoms with E-state index < -0.39 is 0 Å². The van der Waals surface area contributed by atoms with E-state index in [-0.39, 0.29) is 11.4 Å². The van der Waals surface area contributed by atoms with Crippen molar-refractivity contribution >= 4 is 43.6 Å². The summed E-state index contributed by atoms with van der Waals surface area (Å²) < 4.78 is 4.52. The van der Waals surface area contributed by atoms with E-state index in [9.17, 15) is 10.5 Å². The van der Waals surface area contributed by atoms with Crippen LogP contribution in [-0.2, 0) is 0 Å². The van der Waals surface area contributed by atoms with Gasteiger partial charge in [0, 0.05) is 44.0 Å². The molecule has 0 aliphatic heterocycles. The number of hydrogen-bond donors (Lipinski definition) is 0. The SMILES string of the molecule is N#Cc1nc(-c2ccc(-n3c4ccccc4c4ccccc43)cc2)c(-c2ccc(-n3c4ccccc4c4ccccc43)cc2)nc1C#N. The van der Waals surface area contributed by atoms with Crippen molar-refractivity contribution in [3.05, 3.63) is 157 Å². The third-order valence-corrected chi connectivity index (χ3v) is 9.07. The molecule has 0 saturated carbocycles. The van der Waals surface area contributed by atoms with Crippen LogP contribution in [0.15, 0.2) is 146 Å². The van der Waals surface area contributed by atoms with Crippen molar-refractivity contribution in [2.45, 2.75) is 0 Å². The van der Waals surface area contributed by atoms with E-state index in [0.717, 1.165) is 44.6 Å². The average molecular weight is 613 g/mol. The van der Waals surface area contributed by atoms with E-state index in [4.69, 9.17) is 9.97 Å². The minimum atomic E-state index is 0.00428. The van der Waals surface area contributed by atoms with Crippen LogP contribution in [0.3, 0.4) is 0 Å². The van der Waals surface area contributed by atoms with Crippen LogP contribution in [0, 0.1) is 22.7 Å². The molecule has 9 aromatic rings. The van der Waals surface area contributed by atoms with Gasteiger partial charge >= 0.3 is 0 Å². The Morgan fingerprint density at radius 2 is 0.667 bits per heavy atom. The van der Waals surface area contributed by atoms with Gasteiger partial charge in [-0.2, -0.15) is 10.5 Å². The molecular formula is C42H24N6. The molecule has 9 rings (SSSR count). The van der Waals surface area contributed by atoms with Gasteiger partial charge in [-0.15, -0.1) is 0 Å². The number of hydrogen-bond acceptors (Lipinski definition) is 4. The third kappa shape index (κ3) is 4.11. The number of para-hydroxylation sites is 4. The molecule has 0 aliphatic rings. The fourth-order valence-corrected chi connectivity index (χ4v) is 6.93. The topological polar surface area (TPSA) is 83.2 Å². The molecule has 0 unspecified atom stereocenters. The van der Waals surface area contributed by atoms with E-state index in [1.54, 1.807) is 0 Å². The Bertz CT molecular complexity index is 2490. The van der Waals surface area contributed by atoms with Gasteiger partial charge in [-0.1, -0.05) is 97.1 Å². The van der Waals surface area contributed by atoms with Gasteiger partial charge in [0.1, 0.15) is 12.1 Å². The minimum absolute atomic E-state index is 0.00428. The Morgan fingerprint density at radius 3 is 0.958 bits per heavy atom. The van der Waals surface area contributed by atoms with Crippen LogP contribution < -0.4 is 0 Å². The van der Waals surface area contributed by atoms with Crippen molar-refractivity contribution in [2.75, 3.05) is 0 Å². The Balaban J connectivity index is 1.17. The first kappa shape index (κ1) is 27.3. The normalized spacial score (nSPS) is 11.3. The van der Waals surface area contributed by atoms with Gasteiger partial charge in [0.15, 0.2) is 11.4 Å². The van der Waals surface area contributed by atoms with Crippen LogP contribution in [0.2, 0.25) is 0 Å². The molecule has 6 nitrogen and oxygen atoms in total. The largest absolute Gasteiger partial charge is 0.309 e. The molecule has 6 aromatic carbocycles. The summed E-state index contributed by atoms with van der Waals surface area (Å²) in [6, 6.07) is 54.0. The van der Waals surface area contributed by atoms with Gasteiger partial charge in [0.25, 0.3) is 0 Å². The van der Waals surface area contributed by atoms with Crippen molar-refractivity contribution in [3.63, 3.8) is 0 Å². The van der Waals surface area contributed by atoms with Gasteiger partial charge in [-0.05, 0) is 48.5 Å². The first-order valence-corrected chi connectivity index (χ1v) is 15.6. The van der Waals surface area contributed by atoms with Crippen molar-refractivity contribution in [2.24, 2.45) is 0 Å². The summed E-state index contributed by atoms with van der Waals surface area (Å²) >= 11 is 0. The maximum absolute atomic E-state index is 9.86. The summed E-state index contributed by atoms with van der Waals surface area (Å²) in [4.78, 5) is 9.39. The molecule has 0 fully saturated rings. The number of benzene rings is 6. The summed E-state index contributed by atoms with van der Waals surface area (Å²) in [5.41, 5.74) is 9.22. The molecule has 0 amide bonds. The predicted octanol–water partition coefficient (Wildman–Crippen LogP) is 9.75. The number of aromatic nitrogens is 4. The molecule has 0 aliphatic carbocycles.